The highest BCUT2D eigenvalue weighted by Gasteiger charge is 2.36. The van der Waals surface area contributed by atoms with E-state index in [9.17, 15) is 28.1 Å². The molecule has 0 saturated heterocycles. The number of nitrogens with zero attached hydrogens (tertiary/aromatic N) is 3. The molecular formula is C19H16F3N3O4. The Kier molecular flexibility index (Phi) is 6.77. The van der Waals surface area contributed by atoms with Crippen molar-refractivity contribution in [2.75, 3.05) is 6.54 Å². The first-order valence-electron chi connectivity index (χ1n) is 8.35. The van der Waals surface area contributed by atoms with E-state index in [1.807, 2.05) is 6.07 Å². The number of carbonyl (C=O) groups excluding carboxylic acids is 1. The highest BCUT2D eigenvalue weighted by atomic mass is 19.4. The second-order valence-electron chi connectivity index (χ2n) is 6.10. The molecule has 10 heteroatoms. The summed E-state index contributed by atoms with van der Waals surface area (Å²) in [5, 5.41) is 20.0. The van der Waals surface area contributed by atoms with Gasteiger partial charge in [-0.3, -0.25) is 14.9 Å². The number of hydrogen-bond acceptors (Lipinski definition) is 5. The summed E-state index contributed by atoms with van der Waals surface area (Å²) in [4.78, 5) is 23.5. The highest BCUT2D eigenvalue weighted by molar-refractivity contribution is 5.81. The maximum atomic E-state index is 13.0. The van der Waals surface area contributed by atoms with Crippen LogP contribution in [0.5, 0.6) is 5.75 Å². The first kappa shape index (κ1) is 21.7. The third kappa shape index (κ3) is 6.21. The monoisotopic (exact) mass is 407 g/mol. The minimum Gasteiger partial charge on any atom is -0.481 e. The summed E-state index contributed by atoms with van der Waals surface area (Å²) >= 11 is 0. The lowest BCUT2D eigenvalue weighted by atomic mass is 10.1. The molecule has 0 heterocycles. The van der Waals surface area contributed by atoms with Gasteiger partial charge in [0.05, 0.1) is 23.1 Å². The molecule has 2 aromatic rings. The van der Waals surface area contributed by atoms with Crippen molar-refractivity contribution in [2.24, 2.45) is 0 Å². The van der Waals surface area contributed by atoms with Gasteiger partial charge in [-0.15, -0.1) is 0 Å². The number of para-hydroxylation sites is 1. The maximum Gasteiger partial charge on any atom is 0.406 e. The van der Waals surface area contributed by atoms with Crippen molar-refractivity contribution in [2.45, 2.75) is 25.7 Å². The summed E-state index contributed by atoms with van der Waals surface area (Å²) < 4.78 is 44.4. The summed E-state index contributed by atoms with van der Waals surface area (Å²) in [5.41, 5.74) is -0.161. The first-order valence-corrected chi connectivity index (χ1v) is 8.35. The predicted molar refractivity (Wildman–Crippen MR) is 95.8 cm³/mol. The Bertz CT molecular complexity index is 941. The standard InChI is InChI=1S/C19H16F3N3O4/c1-13(29-16-7-4-5-14(9-16)10-23)18(26)24(12-19(20,21)22)11-15-6-2-3-8-17(15)25(27)28/h2-9,13H,11-12H2,1H3. The van der Waals surface area contributed by atoms with Gasteiger partial charge in [-0.05, 0) is 25.1 Å². The number of hydrogen-bond donors (Lipinski definition) is 0. The lowest BCUT2D eigenvalue weighted by Gasteiger charge is -2.27. The number of amides is 1. The van der Waals surface area contributed by atoms with E-state index in [1.165, 1.54) is 49.4 Å². The summed E-state index contributed by atoms with van der Waals surface area (Å²) in [6.45, 7) is -0.935. The van der Waals surface area contributed by atoms with Crippen LogP contribution >= 0.6 is 0 Å². The quantitative estimate of drug-likeness (QED) is 0.513. The van der Waals surface area contributed by atoms with Crippen LogP contribution in [0.25, 0.3) is 0 Å². The van der Waals surface area contributed by atoms with E-state index in [0.29, 0.717) is 4.90 Å². The number of nitro benzene ring substituents is 1. The van der Waals surface area contributed by atoms with Gasteiger partial charge in [-0.25, -0.2) is 0 Å². The molecule has 0 fully saturated rings. The average Bonchev–Trinajstić information content (AvgIpc) is 2.66. The van der Waals surface area contributed by atoms with Gasteiger partial charge in [-0.1, -0.05) is 24.3 Å². The summed E-state index contributed by atoms with van der Waals surface area (Å²) in [6.07, 6.45) is -6.02. The summed E-state index contributed by atoms with van der Waals surface area (Å²) in [6, 6.07) is 13.0. The van der Waals surface area contributed by atoms with Crippen LogP contribution in [0, 0.1) is 21.4 Å². The second kappa shape index (κ2) is 9.05. The molecule has 29 heavy (non-hydrogen) atoms. The fraction of sp³-hybridized carbons (Fsp3) is 0.263. The minimum absolute atomic E-state index is 0.0335. The molecule has 0 saturated carbocycles. The van der Waals surface area contributed by atoms with E-state index in [0.717, 1.165) is 6.07 Å². The van der Waals surface area contributed by atoms with Crippen molar-refractivity contribution in [1.82, 2.24) is 4.90 Å². The molecule has 7 nitrogen and oxygen atoms in total. The van der Waals surface area contributed by atoms with Gasteiger partial charge >= 0.3 is 6.18 Å². The van der Waals surface area contributed by atoms with Crippen LogP contribution in [0.4, 0.5) is 18.9 Å². The Labute approximate surface area is 164 Å². The van der Waals surface area contributed by atoms with Gasteiger partial charge in [0, 0.05) is 11.6 Å². The number of ether oxygens (including phenoxy) is 1. The van der Waals surface area contributed by atoms with Crippen molar-refractivity contribution in [3.05, 3.63) is 69.8 Å². The number of nitro groups is 1. The second-order valence-corrected chi connectivity index (χ2v) is 6.10. The molecule has 1 amide bonds. The molecule has 0 aromatic heterocycles. The van der Waals surface area contributed by atoms with Crippen LogP contribution in [0.15, 0.2) is 48.5 Å². The number of halogens is 3. The SMILES string of the molecule is CC(Oc1cccc(C#N)c1)C(=O)N(Cc1ccccc1[N+](=O)[O-])CC(F)(F)F. The van der Waals surface area contributed by atoms with Crippen molar-refractivity contribution in [1.29, 1.82) is 5.26 Å². The number of alkyl halides is 3. The zero-order valence-electron chi connectivity index (χ0n) is 15.2. The van der Waals surface area contributed by atoms with Crippen LogP contribution in [0.1, 0.15) is 18.1 Å². The van der Waals surface area contributed by atoms with Crippen molar-refractivity contribution >= 4 is 11.6 Å². The molecular weight excluding hydrogens is 391 g/mol. The van der Waals surface area contributed by atoms with Gasteiger partial charge in [0.25, 0.3) is 11.6 Å². The molecule has 152 valence electrons. The van der Waals surface area contributed by atoms with Crippen molar-refractivity contribution in [3.8, 4) is 11.8 Å². The van der Waals surface area contributed by atoms with Crippen LogP contribution in [-0.2, 0) is 11.3 Å². The number of nitriles is 1. The van der Waals surface area contributed by atoms with Crippen molar-refractivity contribution < 1.29 is 27.6 Å². The lowest BCUT2D eigenvalue weighted by Crippen LogP contribution is -2.44. The average molecular weight is 407 g/mol. The highest BCUT2D eigenvalue weighted by Crippen LogP contribution is 2.24. The maximum absolute atomic E-state index is 13.0. The summed E-state index contributed by atoms with van der Waals surface area (Å²) in [5.74, 6) is -0.856. The molecule has 2 rings (SSSR count). The van der Waals surface area contributed by atoms with Crippen molar-refractivity contribution in [3.63, 3.8) is 0 Å². The van der Waals surface area contributed by atoms with Crippen LogP contribution in [-0.4, -0.2) is 34.6 Å². The molecule has 0 N–H and O–H groups in total. The molecule has 0 aliphatic carbocycles. The molecule has 0 aliphatic rings. The molecule has 0 radical (unpaired) electrons. The topological polar surface area (TPSA) is 96.5 Å². The predicted octanol–water partition coefficient (Wildman–Crippen LogP) is 3.82. The third-order valence-corrected chi connectivity index (χ3v) is 3.86. The lowest BCUT2D eigenvalue weighted by molar-refractivity contribution is -0.385. The van der Waals surface area contributed by atoms with E-state index in [-0.39, 0.29) is 22.6 Å². The zero-order valence-corrected chi connectivity index (χ0v) is 15.2. The third-order valence-electron chi connectivity index (χ3n) is 3.86. The smallest absolute Gasteiger partial charge is 0.406 e. The first-order chi connectivity index (χ1) is 13.6. The Morgan fingerprint density at radius 2 is 1.97 bits per heavy atom. The molecule has 1 unspecified atom stereocenters. The van der Waals surface area contributed by atoms with Crippen LogP contribution in [0.3, 0.4) is 0 Å². The molecule has 1 atom stereocenters. The van der Waals surface area contributed by atoms with E-state index in [1.54, 1.807) is 0 Å². The zero-order chi connectivity index (χ0) is 21.6. The van der Waals surface area contributed by atoms with Gasteiger partial charge < -0.3 is 9.64 Å². The Hall–Kier alpha value is -3.61. The minimum atomic E-state index is -4.71. The number of rotatable bonds is 7. The fourth-order valence-corrected chi connectivity index (χ4v) is 2.61. The number of benzene rings is 2. The van der Waals surface area contributed by atoms with Gasteiger partial charge in [0.1, 0.15) is 12.3 Å². The van der Waals surface area contributed by atoms with E-state index < -0.39 is 36.2 Å². The Morgan fingerprint density at radius 3 is 2.59 bits per heavy atom. The van der Waals surface area contributed by atoms with Crippen LogP contribution < -0.4 is 4.74 Å². The van der Waals surface area contributed by atoms with Gasteiger partial charge in [0.2, 0.25) is 0 Å². The van der Waals surface area contributed by atoms with Gasteiger partial charge in [-0.2, -0.15) is 18.4 Å². The molecule has 0 spiro atoms. The van der Waals surface area contributed by atoms with Gasteiger partial charge in [0.15, 0.2) is 6.10 Å². The Morgan fingerprint density at radius 1 is 1.28 bits per heavy atom. The van der Waals surface area contributed by atoms with E-state index in [2.05, 4.69) is 0 Å². The largest absolute Gasteiger partial charge is 0.481 e. The normalized spacial score (nSPS) is 12.0. The molecule has 0 bridgehead atoms. The van der Waals surface area contributed by atoms with E-state index in [4.69, 9.17) is 10.00 Å². The Balaban J connectivity index is 2.25. The van der Waals surface area contributed by atoms with E-state index >= 15 is 0 Å². The fourth-order valence-electron chi connectivity index (χ4n) is 2.61. The number of carbonyl (C=O) groups is 1. The van der Waals surface area contributed by atoms with Crippen LogP contribution in [0.2, 0.25) is 0 Å². The summed E-state index contributed by atoms with van der Waals surface area (Å²) in [7, 11) is 0. The molecule has 0 aliphatic heterocycles. The molecule has 2 aromatic carbocycles.